The van der Waals surface area contributed by atoms with Crippen molar-refractivity contribution >= 4 is 11.9 Å². The van der Waals surface area contributed by atoms with Gasteiger partial charge in [-0.25, -0.2) is 4.39 Å². The lowest BCUT2D eigenvalue weighted by molar-refractivity contribution is 0.102. The van der Waals surface area contributed by atoms with E-state index in [1.165, 1.54) is 18.2 Å². The van der Waals surface area contributed by atoms with E-state index in [1.54, 1.807) is 0 Å². The van der Waals surface area contributed by atoms with Crippen LogP contribution < -0.4 is 5.32 Å². The number of hydrogen-bond acceptors (Lipinski definition) is 4. The number of carbonyl (C=O) groups is 1. The zero-order valence-corrected chi connectivity index (χ0v) is 10.8. The van der Waals surface area contributed by atoms with Crippen molar-refractivity contribution in [1.82, 2.24) is 10.2 Å². The standard InChI is InChI=1S/C15H10FN3O2/c16-12-8-4-7-11(9-12)13(20)17-15-19-18-14(21-15)10-5-2-1-3-6-10/h1-9H,(H,17,19,20). The number of nitrogens with zero attached hydrogens (tertiary/aromatic N) is 2. The molecule has 0 atom stereocenters. The maximum absolute atomic E-state index is 13.1. The largest absolute Gasteiger partial charge is 0.403 e. The third kappa shape index (κ3) is 2.94. The van der Waals surface area contributed by atoms with E-state index in [0.717, 1.165) is 11.6 Å². The Hall–Kier alpha value is -3.02. The first kappa shape index (κ1) is 13.0. The number of halogens is 1. The molecule has 1 heterocycles. The highest BCUT2D eigenvalue weighted by atomic mass is 19.1. The first-order valence-electron chi connectivity index (χ1n) is 6.18. The summed E-state index contributed by atoms with van der Waals surface area (Å²) in [6.07, 6.45) is 0. The number of carbonyl (C=O) groups excluding carboxylic acids is 1. The molecule has 1 aromatic heterocycles. The van der Waals surface area contributed by atoms with Crippen molar-refractivity contribution < 1.29 is 13.6 Å². The number of rotatable bonds is 3. The summed E-state index contributed by atoms with van der Waals surface area (Å²) in [5.74, 6) is -0.707. The second-order valence-corrected chi connectivity index (χ2v) is 4.24. The van der Waals surface area contributed by atoms with Crippen LogP contribution in [-0.2, 0) is 0 Å². The number of benzene rings is 2. The fourth-order valence-corrected chi connectivity index (χ4v) is 1.77. The molecule has 1 amide bonds. The smallest absolute Gasteiger partial charge is 0.322 e. The van der Waals surface area contributed by atoms with Crippen LogP contribution in [0.4, 0.5) is 10.4 Å². The summed E-state index contributed by atoms with van der Waals surface area (Å²) in [5, 5.41) is 10.0. The summed E-state index contributed by atoms with van der Waals surface area (Å²) in [6, 6.07) is 14.5. The topological polar surface area (TPSA) is 68.0 Å². The molecule has 0 spiro atoms. The number of nitrogens with one attached hydrogen (secondary N) is 1. The highest BCUT2D eigenvalue weighted by Gasteiger charge is 2.12. The van der Waals surface area contributed by atoms with Gasteiger partial charge in [-0.15, -0.1) is 5.10 Å². The third-order valence-corrected chi connectivity index (χ3v) is 2.75. The van der Waals surface area contributed by atoms with Crippen LogP contribution in [0.25, 0.3) is 11.5 Å². The predicted octanol–water partition coefficient (Wildman–Crippen LogP) is 3.13. The molecule has 0 aliphatic carbocycles. The molecule has 0 aliphatic heterocycles. The molecule has 0 aliphatic rings. The average molecular weight is 283 g/mol. The van der Waals surface area contributed by atoms with Crippen LogP contribution in [0.5, 0.6) is 0 Å². The van der Waals surface area contributed by atoms with Gasteiger partial charge in [-0.2, -0.15) is 0 Å². The number of amides is 1. The lowest BCUT2D eigenvalue weighted by atomic mass is 10.2. The fraction of sp³-hybridized carbons (Fsp3) is 0. The molecule has 1 N–H and O–H groups in total. The Morgan fingerprint density at radius 2 is 1.86 bits per heavy atom. The summed E-state index contributed by atoms with van der Waals surface area (Å²) in [7, 11) is 0. The van der Waals surface area contributed by atoms with Crippen LogP contribution in [0.3, 0.4) is 0 Å². The highest BCUT2D eigenvalue weighted by molar-refractivity contribution is 6.03. The monoisotopic (exact) mass is 283 g/mol. The quantitative estimate of drug-likeness (QED) is 0.801. The van der Waals surface area contributed by atoms with Crippen molar-refractivity contribution in [2.45, 2.75) is 0 Å². The molecular weight excluding hydrogens is 273 g/mol. The van der Waals surface area contributed by atoms with Gasteiger partial charge in [0.1, 0.15) is 5.82 Å². The second-order valence-electron chi connectivity index (χ2n) is 4.24. The van der Waals surface area contributed by atoms with E-state index in [2.05, 4.69) is 15.5 Å². The zero-order valence-electron chi connectivity index (χ0n) is 10.8. The Bertz CT molecular complexity index is 771. The van der Waals surface area contributed by atoms with E-state index >= 15 is 0 Å². The molecule has 0 bridgehead atoms. The molecule has 21 heavy (non-hydrogen) atoms. The Morgan fingerprint density at radius 1 is 1.05 bits per heavy atom. The van der Waals surface area contributed by atoms with Crippen LogP contribution in [0.2, 0.25) is 0 Å². The van der Waals surface area contributed by atoms with E-state index < -0.39 is 11.7 Å². The predicted molar refractivity (Wildman–Crippen MR) is 74.1 cm³/mol. The molecule has 6 heteroatoms. The maximum Gasteiger partial charge on any atom is 0.322 e. The lowest BCUT2D eigenvalue weighted by Gasteiger charge is -2.00. The number of aromatic nitrogens is 2. The van der Waals surface area contributed by atoms with Gasteiger partial charge < -0.3 is 4.42 Å². The van der Waals surface area contributed by atoms with E-state index in [-0.39, 0.29) is 11.6 Å². The number of hydrogen-bond donors (Lipinski definition) is 1. The van der Waals surface area contributed by atoms with Crippen molar-refractivity contribution in [1.29, 1.82) is 0 Å². The van der Waals surface area contributed by atoms with Gasteiger partial charge in [-0.3, -0.25) is 10.1 Å². The van der Waals surface area contributed by atoms with Gasteiger partial charge in [-0.05, 0) is 30.3 Å². The average Bonchev–Trinajstić information content (AvgIpc) is 2.97. The Balaban J connectivity index is 1.77. The van der Waals surface area contributed by atoms with Gasteiger partial charge in [0.25, 0.3) is 5.91 Å². The summed E-state index contributed by atoms with van der Waals surface area (Å²) in [5.41, 5.74) is 0.922. The van der Waals surface area contributed by atoms with Crippen molar-refractivity contribution in [2.24, 2.45) is 0 Å². The van der Waals surface area contributed by atoms with Crippen LogP contribution in [0.1, 0.15) is 10.4 Å². The van der Waals surface area contributed by atoms with Crippen LogP contribution in [0.15, 0.2) is 59.0 Å². The van der Waals surface area contributed by atoms with Crippen LogP contribution in [0, 0.1) is 5.82 Å². The lowest BCUT2D eigenvalue weighted by Crippen LogP contribution is -2.12. The Kier molecular flexibility index (Phi) is 3.42. The highest BCUT2D eigenvalue weighted by Crippen LogP contribution is 2.19. The molecule has 104 valence electrons. The van der Waals surface area contributed by atoms with Crippen LogP contribution in [-0.4, -0.2) is 16.1 Å². The summed E-state index contributed by atoms with van der Waals surface area (Å²) < 4.78 is 18.4. The minimum Gasteiger partial charge on any atom is -0.403 e. The molecule has 0 unspecified atom stereocenters. The molecule has 0 fully saturated rings. The third-order valence-electron chi connectivity index (χ3n) is 2.75. The van der Waals surface area contributed by atoms with Gasteiger partial charge in [0.05, 0.1) is 0 Å². The number of anilines is 1. The minimum atomic E-state index is -0.516. The van der Waals surface area contributed by atoms with E-state index in [9.17, 15) is 9.18 Å². The van der Waals surface area contributed by atoms with Crippen molar-refractivity contribution in [3.63, 3.8) is 0 Å². The molecule has 5 nitrogen and oxygen atoms in total. The summed E-state index contributed by atoms with van der Waals surface area (Å²) in [4.78, 5) is 11.9. The van der Waals surface area contributed by atoms with Gasteiger partial charge in [0, 0.05) is 11.1 Å². The van der Waals surface area contributed by atoms with E-state index in [1.807, 2.05) is 30.3 Å². The maximum atomic E-state index is 13.1. The minimum absolute atomic E-state index is 0.0388. The fourth-order valence-electron chi connectivity index (χ4n) is 1.77. The van der Waals surface area contributed by atoms with Crippen molar-refractivity contribution in [3.8, 4) is 11.5 Å². The SMILES string of the molecule is O=C(Nc1nnc(-c2ccccc2)o1)c1cccc(F)c1. The van der Waals surface area contributed by atoms with Crippen LogP contribution >= 0.6 is 0 Å². The van der Waals surface area contributed by atoms with Gasteiger partial charge in [0.15, 0.2) is 0 Å². The second kappa shape index (κ2) is 5.54. The molecular formula is C15H10FN3O2. The van der Waals surface area contributed by atoms with Crippen molar-refractivity contribution in [2.75, 3.05) is 5.32 Å². The molecule has 0 radical (unpaired) electrons. The summed E-state index contributed by atoms with van der Waals surface area (Å²) >= 11 is 0. The normalized spacial score (nSPS) is 10.3. The van der Waals surface area contributed by atoms with Gasteiger partial charge in [-0.1, -0.05) is 29.4 Å². The summed E-state index contributed by atoms with van der Waals surface area (Å²) in [6.45, 7) is 0. The molecule has 3 aromatic rings. The van der Waals surface area contributed by atoms with Crippen molar-refractivity contribution in [3.05, 3.63) is 66.0 Å². The molecule has 3 rings (SSSR count). The molecule has 0 saturated carbocycles. The van der Waals surface area contributed by atoms with E-state index in [4.69, 9.17) is 4.42 Å². The van der Waals surface area contributed by atoms with E-state index in [0.29, 0.717) is 5.89 Å². The first-order chi connectivity index (χ1) is 10.2. The zero-order chi connectivity index (χ0) is 14.7. The Labute approximate surface area is 119 Å². The Morgan fingerprint density at radius 3 is 2.62 bits per heavy atom. The molecule has 2 aromatic carbocycles. The first-order valence-corrected chi connectivity index (χ1v) is 6.18. The van der Waals surface area contributed by atoms with Gasteiger partial charge >= 0.3 is 6.01 Å². The molecule has 0 saturated heterocycles. The van der Waals surface area contributed by atoms with Gasteiger partial charge in [0.2, 0.25) is 5.89 Å².